The van der Waals surface area contributed by atoms with Gasteiger partial charge in [-0.25, -0.2) is 0 Å². The molecule has 0 fully saturated rings. The summed E-state index contributed by atoms with van der Waals surface area (Å²) in [6.07, 6.45) is 8.35. The maximum absolute atomic E-state index is 10.9. The van der Waals surface area contributed by atoms with E-state index in [1.54, 1.807) is 6.20 Å². The lowest BCUT2D eigenvalue weighted by molar-refractivity contribution is 0.0582. The van der Waals surface area contributed by atoms with E-state index in [2.05, 4.69) is 63.7 Å². The third-order valence-corrected chi connectivity index (χ3v) is 6.83. The van der Waals surface area contributed by atoms with Crippen molar-refractivity contribution in [2.45, 2.75) is 57.6 Å². The van der Waals surface area contributed by atoms with Gasteiger partial charge in [-0.2, -0.15) is 5.10 Å². The SMILES string of the molecule is C=C(O)c1ccc(/C=C/c2cc3c(cc2Cn2cccn2)C(C)(C)C(O)CC3(C)C)cc1. The van der Waals surface area contributed by atoms with Gasteiger partial charge in [0.2, 0.25) is 0 Å². The average molecular weight is 429 g/mol. The number of aliphatic hydroxyl groups excluding tert-OH is 2. The Morgan fingerprint density at radius 1 is 1.12 bits per heavy atom. The van der Waals surface area contributed by atoms with E-state index in [4.69, 9.17) is 0 Å². The molecule has 4 heteroatoms. The van der Waals surface area contributed by atoms with Gasteiger partial charge in [0.1, 0.15) is 5.76 Å². The quantitative estimate of drug-likeness (QED) is 0.390. The van der Waals surface area contributed by atoms with Crippen LogP contribution in [0.25, 0.3) is 17.9 Å². The van der Waals surface area contributed by atoms with Crippen LogP contribution in [0.1, 0.15) is 67.5 Å². The molecule has 1 aliphatic rings. The first-order valence-corrected chi connectivity index (χ1v) is 11.1. The van der Waals surface area contributed by atoms with Crippen molar-refractivity contribution in [2.75, 3.05) is 0 Å². The van der Waals surface area contributed by atoms with E-state index < -0.39 is 0 Å². The second kappa shape index (κ2) is 8.10. The van der Waals surface area contributed by atoms with Crippen molar-refractivity contribution in [3.63, 3.8) is 0 Å². The van der Waals surface area contributed by atoms with E-state index in [1.165, 1.54) is 16.7 Å². The second-order valence-corrected chi connectivity index (χ2v) is 10.0. The molecule has 2 N–H and O–H groups in total. The third-order valence-electron chi connectivity index (χ3n) is 6.83. The smallest absolute Gasteiger partial charge is 0.115 e. The van der Waals surface area contributed by atoms with E-state index in [0.717, 1.165) is 23.1 Å². The Morgan fingerprint density at radius 3 is 2.47 bits per heavy atom. The summed E-state index contributed by atoms with van der Waals surface area (Å²) >= 11 is 0. The Hall–Kier alpha value is -3.11. The predicted molar refractivity (Wildman–Crippen MR) is 131 cm³/mol. The van der Waals surface area contributed by atoms with Crippen molar-refractivity contribution >= 4 is 17.9 Å². The summed E-state index contributed by atoms with van der Waals surface area (Å²) in [6.45, 7) is 12.9. The summed E-state index contributed by atoms with van der Waals surface area (Å²) < 4.78 is 1.93. The van der Waals surface area contributed by atoms with Gasteiger partial charge in [0.05, 0.1) is 12.6 Å². The monoisotopic (exact) mass is 428 g/mol. The fraction of sp³-hybridized carbons (Fsp3) is 0.321. The lowest BCUT2D eigenvalue weighted by Crippen LogP contribution is -2.45. The highest BCUT2D eigenvalue weighted by Crippen LogP contribution is 2.47. The minimum atomic E-state index is -0.385. The number of fused-ring (bicyclic) bond motifs is 1. The molecule has 0 amide bonds. The molecule has 166 valence electrons. The van der Waals surface area contributed by atoms with E-state index in [-0.39, 0.29) is 22.7 Å². The number of hydrogen-bond acceptors (Lipinski definition) is 3. The Morgan fingerprint density at radius 2 is 1.84 bits per heavy atom. The predicted octanol–water partition coefficient (Wildman–Crippen LogP) is 5.95. The van der Waals surface area contributed by atoms with E-state index in [0.29, 0.717) is 6.54 Å². The number of aromatic nitrogens is 2. The summed E-state index contributed by atoms with van der Waals surface area (Å²) in [7, 11) is 0. The van der Waals surface area contributed by atoms with Crippen LogP contribution >= 0.6 is 0 Å². The molecule has 0 radical (unpaired) electrons. The van der Waals surface area contributed by atoms with Crippen molar-refractivity contribution in [3.05, 3.63) is 94.8 Å². The van der Waals surface area contributed by atoms with Crippen molar-refractivity contribution < 1.29 is 10.2 Å². The molecule has 0 bridgehead atoms. The molecule has 1 heterocycles. The molecular weight excluding hydrogens is 396 g/mol. The highest BCUT2D eigenvalue weighted by molar-refractivity contribution is 5.73. The van der Waals surface area contributed by atoms with Crippen LogP contribution in [0.15, 0.2) is 61.4 Å². The van der Waals surface area contributed by atoms with Crippen molar-refractivity contribution in [2.24, 2.45) is 0 Å². The molecule has 0 saturated carbocycles. The lowest BCUT2D eigenvalue weighted by Gasteiger charge is -2.45. The molecule has 1 aromatic heterocycles. The van der Waals surface area contributed by atoms with Crippen LogP contribution in [-0.2, 0) is 17.4 Å². The zero-order chi connectivity index (χ0) is 23.1. The van der Waals surface area contributed by atoms with Gasteiger partial charge >= 0.3 is 0 Å². The minimum absolute atomic E-state index is 0.0729. The molecule has 0 saturated heterocycles. The van der Waals surface area contributed by atoms with Gasteiger partial charge in [0, 0.05) is 23.4 Å². The van der Waals surface area contributed by atoms with Gasteiger partial charge in [-0.3, -0.25) is 4.68 Å². The summed E-state index contributed by atoms with van der Waals surface area (Å²) in [5.74, 6) is 0.0729. The average Bonchev–Trinajstić information content (AvgIpc) is 3.24. The summed E-state index contributed by atoms with van der Waals surface area (Å²) in [6, 6.07) is 14.2. The standard InChI is InChI=1S/C28H32N2O2/c1-19(31)21-10-7-20(8-11-21)9-12-22-15-24-25(16-23(22)18-30-14-6-13-29-30)28(4,5)26(32)17-27(24,2)3/h6-16,26,31-32H,1,17-18H2,2-5H3/b12-9+. The molecular formula is C28H32N2O2. The first kappa shape index (κ1) is 22.1. The van der Waals surface area contributed by atoms with Crippen LogP contribution in [0.4, 0.5) is 0 Å². The third kappa shape index (κ3) is 4.15. The topological polar surface area (TPSA) is 58.3 Å². The van der Waals surface area contributed by atoms with Crippen LogP contribution in [0.2, 0.25) is 0 Å². The molecule has 1 unspecified atom stereocenters. The molecule has 4 rings (SSSR count). The molecule has 0 aliphatic heterocycles. The largest absolute Gasteiger partial charge is 0.508 e. The highest BCUT2D eigenvalue weighted by Gasteiger charge is 2.43. The van der Waals surface area contributed by atoms with Crippen LogP contribution in [0.3, 0.4) is 0 Å². The van der Waals surface area contributed by atoms with Gasteiger partial charge in [0.15, 0.2) is 0 Å². The van der Waals surface area contributed by atoms with Crippen molar-refractivity contribution in [1.82, 2.24) is 9.78 Å². The van der Waals surface area contributed by atoms with Crippen molar-refractivity contribution in [3.8, 4) is 0 Å². The van der Waals surface area contributed by atoms with Crippen LogP contribution in [0, 0.1) is 0 Å². The van der Waals surface area contributed by atoms with Crippen LogP contribution in [0.5, 0.6) is 0 Å². The molecule has 2 aromatic carbocycles. The maximum atomic E-state index is 10.9. The summed E-state index contributed by atoms with van der Waals surface area (Å²) in [5, 5.41) is 24.9. The second-order valence-electron chi connectivity index (χ2n) is 10.0. The fourth-order valence-electron chi connectivity index (χ4n) is 4.62. The normalized spacial score (nSPS) is 19.1. The Bertz CT molecular complexity index is 1150. The van der Waals surface area contributed by atoms with Gasteiger partial charge in [-0.05, 0) is 45.7 Å². The van der Waals surface area contributed by atoms with Gasteiger partial charge in [-0.1, -0.05) is 82.8 Å². The van der Waals surface area contributed by atoms with E-state index >= 15 is 0 Å². The van der Waals surface area contributed by atoms with Gasteiger partial charge in [0.25, 0.3) is 0 Å². The van der Waals surface area contributed by atoms with E-state index in [1.807, 2.05) is 41.2 Å². The number of rotatable bonds is 5. The van der Waals surface area contributed by atoms with E-state index in [9.17, 15) is 10.2 Å². The molecule has 4 nitrogen and oxygen atoms in total. The Balaban J connectivity index is 1.80. The summed E-state index contributed by atoms with van der Waals surface area (Å²) in [5.41, 5.74) is 6.17. The number of benzene rings is 2. The van der Waals surface area contributed by atoms with Gasteiger partial charge < -0.3 is 10.2 Å². The molecule has 1 atom stereocenters. The summed E-state index contributed by atoms with van der Waals surface area (Å²) in [4.78, 5) is 0. The first-order valence-electron chi connectivity index (χ1n) is 11.1. The lowest BCUT2D eigenvalue weighted by atomic mass is 9.61. The molecule has 32 heavy (non-hydrogen) atoms. The zero-order valence-corrected chi connectivity index (χ0v) is 19.3. The molecule has 1 aliphatic carbocycles. The zero-order valence-electron chi connectivity index (χ0n) is 19.3. The fourth-order valence-corrected chi connectivity index (χ4v) is 4.62. The number of aliphatic hydroxyl groups is 2. The number of nitrogens with zero attached hydrogens (tertiary/aromatic N) is 2. The van der Waals surface area contributed by atoms with Gasteiger partial charge in [-0.15, -0.1) is 0 Å². The molecule has 3 aromatic rings. The van der Waals surface area contributed by atoms with Crippen molar-refractivity contribution in [1.29, 1.82) is 0 Å². The Kier molecular flexibility index (Phi) is 5.59. The van der Waals surface area contributed by atoms with Crippen LogP contribution < -0.4 is 0 Å². The number of hydrogen-bond donors (Lipinski definition) is 2. The molecule has 0 spiro atoms. The maximum Gasteiger partial charge on any atom is 0.115 e. The Labute approximate surface area is 190 Å². The minimum Gasteiger partial charge on any atom is -0.508 e. The highest BCUT2D eigenvalue weighted by atomic mass is 16.3. The first-order chi connectivity index (χ1) is 15.1. The van der Waals surface area contributed by atoms with Crippen LogP contribution in [-0.4, -0.2) is 26.1 Å².